The van der Waals surface area contributed by atoms with Crippen LogP contribution in [0.3, 0.4) is 0 Å². The van der Waals surface area contributed by atoms with Crippen molar-refractivity contribution >= 4 is 34.5 Å². The van der Waals surface area contributed by atoms with Gasteiger partial charge < -0.3 is 19.2 Å². The SMILES string of the molecule is O=C(O)CCc1cc(C2CC2)cn2cc(Cn3cc(C(=O)NCc4ncn5ccc(Cl)c(F)c45)nn3)cc12. The smallest absolute Gasteiger partial charge is 0.303 e. The normalized spacial score (nSPS) is 13.4. The van der Waals surface area contributed by atoms with E-state index in [0.29, 0.717) is 24.6 Å². The van der Waals surface area contributed by atoms with Gasteiger partial charge in [-0.1, -0.05) is 22.9 Å². The number of pyridine rings is 2. The summed E-state index contributed by atoms with van der Waals surface area (Å²) in [5.74, 6) is -1.35. The molecule has 0 unspecified atom stereocenters. The van der Waals surface area contributed by atoms with Crippen LogP contribution in [-0.2, 0) is 24.3 Å². The summed E-state index contributed by atoms with van der Waals surface area (Å²) in [6.07, 6.45) is 11.5. The fourth-order valence-electron chi connectivity index (χ4n) is 4.68. The first-order chi connectivity index (χ1) is 18.4. The van der Waals surface area contributed by atoms with Gasteiger partial charge in [0.2, 0.25) is 0 Å². The number of rotatable bonds is 9. The Morgan fingerprint density at radius 1 is 1.18 bits per heavy atom. The lowest BCUT2D eigenvalue weighted by Gasteiger charge is -2.07. The van der Waals surface area contributed by atoms with E-state index in [1.807, 2.05) is 16.7 Å². The zero-order valence-electron chi connectivity index (χ0n) is 20.1. The molecule has 1 aliphatic carbocycles. The number of carboxylic acids is 1. The summed E-state index contributed by atoms with van der Waals surface area (Å²) in [6.45, 7) is 0.376. The number of aliphatic carboxylic acids is 1. The zero-order chi connectivity index (χ0) is 26.4. The van der Waals surface area contributed by atoms with Crippen molar-refractivity contribution in [3.63, 3.8) is 0 Å². The van der Waals surface area contributed by atoms with Crippen molar-refractivity contribution in [1.82, 2.24) is 34.1 Å². The van der Waals surface area contributed by atoms with Gasteiger partial charge in [0.25, 0.3) is 5.91 Å². The summed E-state index contributed by atoms with van der Waals surface area (Å²) in [5.41, 5.74) is 4.81. The van der Waals surface area contributed by atoms with E-state index in [-0.39, 0.29) is 29.2 Å². The summed E-state index contributed by atoms with van der Waals surface area (Å²) in [7, 11) is 0. The Kier molecular flexibility index (Phi) is 6.07. The molecule has 0 spiro atoms. The number of nitrogens with zero attached hydrogens (tertiary/aromatic N) is 6. The first kappa shape index (κ1) is 24.1. The number of amides is 1. The molecule has 0 aromatic carbocycles. The van der Waals surface area contributed by atoms with E-state index in [4.69, 9.17) is 16.7 Å². The average molecular weight is 536 g/mol. The van der Waals surface area contributed by atoms with Crippen LogP contribution < -0.4 is 5.32 Å². The molecule has 0 saturated heterocycles. The van der Waals surface area contributed by atoms with Gasteiger partial charge in [-0.2, -0.15) is 0 Å². The minimum Gasteiger partial charge on any atom is -0.481 e. The first-order valence-corrected chi connectivity index (χ1v) is 12.6. The van der Waals surface area contributed by atoms with Crippen LogP contribution in [-0.4, -0.2) is 45.8 Å². The van der Waals surface area contributed by atoms with Crippen molar-refractivity contribution in [2.24, 2.45) is 0 Å². The number of hydrogen-bond donors (Lipinski definition) is 2. The Morgan fingerprint density at radius 3 is 2.82 bits per heavy atom. The third-order valence-electron chi connectivity index (χ3n) is 6.72. The van der Waals surface area contributed by atoms with Crippen LogP contribution in [0.2, 0.25) is 5.02 Å². The van der Waals surface area contributed by atoms with Crippen molar-refractivity contribution in [3.05, 3.63) is 88.2 Å². The maximum atomic E-state index is 14.4. The molecule has 12 heteroatoms. The Balaban J connectivity index is 1.17. The summed E-state index contributed by atoms with van der Waals surface area (Å²) in [4.78, 5) is 28.0. The number of imidazole rings is 1. The summed E-state index contributed by atoms with van der Waals surface area (Å²) in [6, 6.07) is 5.57. The van der Waals surface area contributed by atoms with Gasteiger partial charge in [-0.05, 0) is 54.0 Å². The summed E-state index contributed by atoms with van der Waals surface area (Å²) < 4.78 is 19.5. The predicted octanol–water partition coefficient (Wildman–Crippen LogP) is 3.84. The zero-order valence-corrected chi connectivity index (χ0v) is 20.9. The molecule has 1 amide bonds. The highest BCUT2D eigenvalue weighted by atomic mass is 35.5. The highest BCUT2D eigenvalue weighted by Crippen LogP contribution is 2.41. The fourth-order valence-corrected chi connectivity index (χ4v) is 4.82. The molecule has 2 N–H and O–H groups in total. The molecule has 1 aliphatic rings. The Morgan fingerprint density at radius 2 is 2.03 bits per heavy atom. The summed E-state index contributed by atoms with van der Waals surface area (Å²) >= 11 is 5.88. The lowest BCUT2D eigenvalue weighted by molar-refractivity contribution is -0.136. The van der Waals surface area contributed by atoms with E-state index in [9.17, 15) is 14.0 Å². The molecular formula is C26H23ClFN7O3. The second-order valence-corrected chi connectivity index (χ2v) is 9.92. The molecule has 0 radical (unpaired) electrons. The van der Waals surface area contributed by atoms with Crippen LogP contribution in [0.25, 0.3) is 11.0 Å². The molecule has 5 heterocycles. The molecule has 0 atom stereocenters. The largest absolute Gasteiger partial charge is 0.481 e. The second-order valence-electron chi connectivity index (χ2n) is 9.52. The van der Waals surface area contributed by atoms with Crippen LogP contribution >= 0.6 is 11.6 Å². The fraction of sp³-hybridized carbons (Fsp3) is 0.269. The maximum absolute atomic E-state index is 14.4. The van der Waals surface area contributed by atoms with E-state index in [0.717, 1.165) is 29.5 Å². The molecule has 1 saturated carbocycles. The van der Waals surface area contributed by atoms with Gasteiger partial charge >= 0.3 is 5.97 Å². The Labute approximate surface area is 220 Å². The lowest BCUT2D eigenvalue weighted by Crippen LogP contribution is -2.23. The number of carboxylic acid groups (broad SMARTS) is 1. The van der Waals surface area contributed by atoms with Crippen molar-refractivity contribution in [3.8, 4) is 0 Å². The van der Waals surface area contributed by atoms with Crippen LogP contribution in [0.1, 0.15) is 58.1 Å². The molecule has 1 fully saturated rings. The van der Waals surface area contributed by atoms with Gasteiger partial charge in [-0.3, -0.25) is 9.59 Å². The number of hydrogen-bond acceptors (Lipinski definition) is 5. The predicted molar refractivity (Wildman–Crippen MR) is 136 cm³/mol. The number of carbonyl (C=O) groups is 2. The molecule has 38 heavy (non-hydrogen) atoms. The quantitative estimate of drug-likeness (QED) is 0.296. The number of aromatic nitrogens is 6. The molecule has 0 aliphatic heterocycles. The van der Waals surface area contributed by atoms with Gasteiger partial charge in [-0.15, -0.1) is 5.10 Å². The van der Waals surface area contributed by atoms with Gasteiger partial charge in [0.15, 0.2) is 11.5 Å². The van der Waals surface area contributed by atoms with Crippen molar-refractivity contribution in [2.45, 2.75) is 44.7 Å². The number of carbonyl (C=O) groups excluding carboxylic acids is 1. The van der Waals surface area contributed by atoms with E-state index in [1.165, 1.54) is 22.4 Å². The highest BCUT2D eigenvalue weighted by molar-refractivity contribution is 6.31. The monoisotopic (exact) mass is 535 g/mol. The first-order valence-electron chi connectivity index (χ1n) is 12.2. The minimum atomic E-state index is -0.824. The van der Waals surface area contributed by atoms with E-state index in [2.05, 4.69) is 32.9 Å². The lowest BCUT2D eigenvalue weighted by atomic mass is 10.0. The molecule has 6 rings (SSSR count). The third kappa shape index (κ3) is 4.72. The van der Waals surface area contributed by atoms with Gasteiger partial charge in [0, 0.05) is 30.5 Å². The molecule has 194 valence electrons. The number of nitrogens with one attached hydrogen (secondary N) is 1. The molecule has 0 bridgehead atoms. The Hall–Kier alpha value is -4.25. The number of halogens is 2. The van der Waals surface area contributed by atoms with Crippen LogP contribution in [0.4, 0.5) is 4.39 Å². The second kappa shape index (κ2) is 9.56. The van der Waals surface area contributed by atoms with Gasteiger partial charge in [-0.25, -0.2) is 14.1 Å². The average Bonchev–Trinajstić information content (AvgIpc) is 3.29. The van der Waals surface area contributed by atoms with E-state index < -0.39 is 17.7 Å². The molecule has 5 aromatic heterocycles. The van der Waals surface area contributed by atoms with Gasteiger partial charge in [0.1, 0.15) is 5.52 Å². The third-order valence-corrected chi connectivity index (χ3v) is 7.01. The van der Waals surface area contributed by atoms with Crippen molar-refractivity contribution in [2.75, 3.05) is 0 Å². The Bertz CT molecular complexity index is 1700. The summed E-state index contributed by atoms with van der Waals surface area (Å²) in [5, 5.41) is 19.9. The van der Waals surface area contributed by atoms with E-state index >= 15 is 0 Å². The van der Waals surface area contributed by atoms with Gasteiger partial charge in [0.05, 0.1) is 36.3 Å². The topological polar surface area (TPSA) is 119 Å². The highest BCUT2D eigenvalue weighted by Gasteiger charge is 2.25. The number of aryl methyl sites for hydroxylation is 1. The van der Waals surface area contributed by atoms with Crippen molar-refractivity contribution in [1.29, 1.82) is 0 Å². The van der Waals surface area contributed by atoms with Crippen LogP contribution in [0, 0.1) is 5.82 Å². The molecule has 10 nitrogen and oxygen atoms in total. The number of fused-ring (bicyclic) bond motifs is 2. The van der Waals surface area contributed by atoms with Crippen molar-refractivity contribution < 1.29 is 19.1 Å². The molecule has 5 aromatic rings. The molecular weight excluding hydrogens is 513 g/mol. The van der Waals surface area contributed by atoms with Crippen LogP contribution in [0.5, 0.6) is 0 Å². The van der Waals surface area contributed by atoms with Crippen LogP contribution in [0.15, 0.2) is 49.3 Å². The minimum absolute atomic E-state index is 0.00716. The van der Waals surface area contributed by atoms with E-state index in [1.54, 1.807) is 17.1 Å². The standard InChI is InChI=1S/C26H23ClFN7O3/c27-19-5-6-33-14-30-20(25(33)24(19)28)9-29-26(38)21-13-35(32-31-21)11-15-7-22-17(3-4-23(36)37)8-18(16-1-2-16)12-34(22)10-15/h5-8,10,12-14,16H,1-4,9,11H2,(H,29,38)(H,36,37). The maximum Gasteiger partial charge on any atom is 0.303 e.